The quantitative estimate of drug-likeness (QED) is 0.136. The summed E-state index contributed by atoms with van der Waals surface area (Å²) in [5.41, 5.74) is 0.523. The van der Waals surface area contributed by atoms with Gasteiger partial charge in [0.15, 0.2) is 0 Å². The lowest BCUT2D eigenvalue weighted by Crippen LogP contribution is -2.59. The average molecular weight is 654 g/mol. The van der Waals surface area contributed by atoms with Crippen LogP contribution in [0.4, 0.5) is 5.69 Å². The standard InChI is InChI=1S/C30H38BrClN2O5S/c1-5-7-8-11-15-39-29(38)23-24-27(36)34(22(17-35)18(3)4)26(30(24)16-19(31)25(23)40-30)28(37)33(14-6-2)21-13-10-9-12-20(21)32/h5-6,9-10,12-13,18-19,22-26,35H,1-2,7-8,11,14-17H2,3-4H3/t19?,22-,23-,24-,25-,26?,30?/m0/s1. The third kappa shape index (κ3) is 5.39. The lowest BCUT2D eigenvalue weighted by molar-refractivity contribution is -0.154. The van der Waals surface area contributed by atoms with Gasteiger partial charge in [-0.25, -0.2) is 0 Å². The molecule has 3 aliphatic rings. The third-order valence-corrected chi connectivity index (χ3v) is 11.9. The fourth-order valence-corrected chi connectivity index (χ4v) is 10.3. The summed E-state index contributed by atoms with van der Waals surface area (Å²) in [6, 6.07) is 5.59. The molecule has 0 saturated carbocycles. The van der Waals surface area contributed by atoms with Crippen LogP contribution in [-0.2, 0) is 19.1 Å². The van der Waals surface area contributed by atoms with Crippen LogP contribution in [-0.4, -0.2) is 74.5 Å². The maximum absolute atomic E-state index is 14.7. The summed E-state index contributed by atoms with van der Waals surface area (Å²) in [5, 5.41) is 10.7. The van der Waals surface area contributed by atoms with Crippen molar-refractivity contribution in [3.05, 3.63) is 54.6 Å². The number of fused-ring (bicyclic) bond motifs is 1. The minimum atomic E-state index is -0.902. The first-order chi connectivity index (χ1) is 19.1. The van der Waals surface area contributed by atoms with Gasteiger partial charge < -0.3 is 19.6 Å². The SMILES string of the molecule is C=CCCCCOC(=O)[C@H]1[C@H]2C(=O)N([C@@H](CO)C(C)C)C(C(=O)N(CC=C)c3ccccc3Cl)C23CC(Br)[C@@H]1S3. The summed E-state index contributed by atoms with van der Waals surface area (Å²) in [6.45, 7) is 11.6. The van der Waals surface area contributed by atoms with Gasteiger partial charge in [-0.1, -0.05) is 65.7 Å². The van der Waals surface area contributed by atoms with Gasteiger partial charge in [0.05, 0.1) is 46.5 Å². The molecular weight excluding hydrogens is 616 g/mol. The first kappa shape index (κ1) is 31.1. The topological polar surface area (TPSA) is 87.1 Å². The largest absolute Gasteiger partial charge is 0.465 e. The first-order valence-corrected chi connectivity index (χ1v) is 16.0. The molecule has 1 spiro atoms. The van der Waals surface area contributed by atoms with Crippen molar-refractivity contribution >= 4 is 62.8 Å². The number of anilines is 1. The smallest absolute Gasteiger partial charge is 0.310 e. The number of esters is 1. The highest BCUT2D eigenvalue weighted by atomic mass is 79.9. The number of nitrogens with zero attached hydrogens (tertiary/aromatic N) is 2. The molecule has 2 bridgehead atoms. The Kier molecular flexibility index (Phi) is 10.1. The molecule has 1 aromatic carbocycles. The van der Waals surface area contributed by atoms with E-state index in [0.717, 1.165) is 12.8 Å². The van der Waals surface area contributed by atoms with E-state index >= 15 is 0 Å². The highest BCUT2D eigenvalue weighted by Gasteiger charge is 2.76. The number of thioether (sulfide) groups is 1. The molecule has 3 heterocycles. The highest BCUT2D eigenvalue weighted by molar-refractivity contribution is 9.09. The molecule has 2 amide bonds. The predicted octanol–water partition coefficient (Wildman–Crippen LogP) is 5.24. The van der Waals surface area contributed by atoms with E-state index in [0.29, 0.717) is 23.6 Å². The summed E-state index contributed by atoms with van der Waals surface area (Å²) >= 11 is 11.9. The number of carbonyl (C=O) groups is 3. The minimum absolute atomic E-state index is 0.0742. The number of aliphatic hydroxyl groups excluding tert-OH is 1. The number of alkyl halides is 1. The molecule has 1 N–H and O–H groups in total. The second-order valence-electron chi connectivity index (χ2n) is 11.0. The molecular formula is C30H38BrClN2O5S. The Bertz CT molecular complexity index is 1150. The summed E-state index contributed by atoms with van der Waals surface area (Å²) in [4.78, 5) is 45.6. The molecule has 40 heavy (non-hydrogen) atoms. The number of aliphatic hydroxyl groups is 1. The van der Waals surface area contributed by atoms with E-state index in [9.17, 15) is 19.5 Å². The number of halogens is 2. The summed E-state index contributed by atoms with van der Waals surface area (Å²) in [6.07, 6.45) is 6.42. The van der Waals surface area contributed by atoms with Crippen molar-refractivity contribution in [2.24, 2.45) is 17.8 Å². The Hall–Kier alpha value is -1.81. The van der Waals surface area contributed by atoms with E-state index in [1.54, 1.807) is 51.9 Å². The monoisotopic (exact) mass is 652 g/mol. The van der Waals surface area contributed by atoms with Crippen LogP contribution in [0.2, 0.25) is 5.02 Å². The molecule has 7 nitrogen and oxygen atoms in total. The number of para-hydroxylation sites is 1. The lowest BCUT2D eigenvalue weighted by Gasteiger charge is -2.41. The summed E-state index contributed by atoms with van der Waals surface area (Å²) < 4.78 is 4.85. The summed E-state index contributed by atoms with van der Waals surface area (Å²) in [5.74, 6) is -2.50. The van der Waals surface area contributed by atoms with Crippen LogP contribution < -0.4 is 4.90 Å². The lowest BCUT2D eigenvalue weighted by atomic mass is 9.71. The Morgan fingerprint density at radius 1 is 1.30 bits per heavy atom. The van der Waals surface area contributed by atoms with Gasteiger partial charge in [-0.2, -0.15) is 0 Å². The minimum Gasteiger partial charge on any atom is -0.465 e. The second-order valence-corrected chi connectivity index (χ2v) is 14.2. The van der Waals surface area contributed by atoms with Crippen LogP contribution in [0.1, 0.15) is 39.5 Å². The first-order valence-electron chi connectivity index (χ1n) is 13.8. The van der Waals surface area contributed by atoms with E-state index in [1.165, 1.54) is 0 Å². The Morgan fingerprint density at radius 2 is 2.02 bits per heavy atom. The second kappa shape index (κ2) is 13.0. The van der Waals surface area contributed by atoms with Gasteiger partial charge in [0.1, 0.15) is 6.04 Å². The zero-order valence-electron chi connectivity index (χ0n) is 23.0. The number of carbonyl (C=O) groups excluding carboxylic acids is 3. The average Bonchev–Trinajstić information content (AvgIpc) is 3.51. The van der Waals surface area contributed by atoms with Crippen LogP contribution in [0.15, 0.2) is 49.6 Å². The number of unbranched alkanes of at least 4 members (excludes halogenated alkanes) is 2. The van der Waals surface area contributed by atoms with Crippen molar-refractivity contribution in [2.45, 2.75) is 66.4 Å². The number of likely N-dealkylation sites (tertiary alicyclic amines) is 1. The van der Waals surface area contributed by atoms with Crippen LogP contribution in [0.5, 0.6) is 0 Å². The van der Waals surface area contributed by atoms with E-state index in [1.807, 2.05) is 19.9 Å². The van der Waals surface area contributed by atoms with Gasteiger partial charge in [0.2, 0.25) is 5.91 Å². The van der Waals surface area contributed by atoms with Crippen molar-refractivity contribution in [1.82, 2.24) is 4.90 Å². The molecule has 0 radical (unpaired) electrons. The molecule has 3 aliphatic heterocycles. The third-order valence-electron chi connectivity index (χ3n) is 8.31. The fraction of sp³-hybridized carbons (Fsp3) is 0.567. The van der Waals surface area contributed by atoms with Gasteiger partial charge in [0, 0.05) is 16.6 Å². The van der Waals surface area contributed by atoms with Crippen molar-refractivity contribution in [3.8, 4) is 0 Å². The fourth-order valence-electron chi connectivity index (χ4n) is 6.51. The molecule has 1 aromatic rings. The molecule has 3 saturated heterocycles. The molecule has 4 rings (SSSR count). The maximum Gasteiger partial charge on any atom is 0.310 e. The highest BCUT2D eigenvalue weighted by Crippen LogP contribution is 2.68. The number of benzene rings is 1. The van der Waals surface area contributed by atoms with Crippen molar-refractivity contribution in [1.29, 1.82) is 0 Å². The van der Waals surface area contributed by atoms with Gasteiger partial charge >= 0.3 is 5.97 Å². The molecule has 218 valence electrons. The molecule has 7 atom stereocenters. The Morgan fingerprint density at radius 3 is 2.65 bits per heavy atom. The molecule has 0 aromatic heterocycles. The van der Waals surface area contributed by atoms with Crippen LogP contribution >= 0.6 is 39.3 Å². The zero-order chi connectivity index (χ0) is 29.2. The molecule has 0 aliphatic carbocycles. The van der Waals surface area contributed by atoms with Gasteiger partial charge in [-0.05, 0) is 43.7 Å². The van der Waals surface area contributed by atoms with Crippen molar-refractivity contribution < 1.29 is 24.2 Å². The predicted molar refractivity (Wildman–Crippen MR) is 164 cm³/mol. The van der Waals surface area contributed by atoms with E-state index in [2.05, 4.69) is 29.1 Å². The normalized spacial score (nSPS) is 29.4. The van der Waals surface area contributed by atoms with E-state index < -0.39 is 34.6 Å². The zero-order valence-corrected chi connectivity index (χ0v) is 26.2. The van der Waals surface area contributed by atoms with Crippen LogP contribution in [0, 0.1) is 17.8 Å². The van der Waals surface area contributed by atoms with Gasteiger partial charge in [-0.3, -0.25) is 14.4 Å². The number of rotatable bonds is 13. The number of amides is 2. The molecule has 3 unspecified atom stereocenters. The van der Waals surface area contributed by atoms with Crippen molar-refractivity contribution in [3.63, 3.8) is 0 Å². The Labute approximate surface area is 254 Å². The molecule has 3 fully saturated rings. The molecule has 10 heteroatoms. The maximum atomic E-state index is 14.7. The Balaban J connectivity index is 1.76. The van der Waals surface area contributed by atoms with E-state index in [-0.39, 0.29) is 47.6 Å². The van der Waals surface area contributed by atoms with Gasteiger partial charge in [-0.15, -0.1) is 24.9 Å². The number of hydrogen-bond acceptors (Lipinski definition) is 6. The van der Waals surface area contributed by atoms with Crippen molar-refractivity contribution in [2.75, 3.05) is 24.7 Å². The number of hydrogen-bond donors (Lipinski definition) is 1. The number of allylic oxidation sites excluding steroid dienone is 1. The van der Waals surface area contributed by atoms with Gasteiger partial charge in [0.25, 0.3) is 5.91 Å². The number of ether oxygens (including phenoxy) is 1. The van der Waals surface area contributed by atoms with Crippen LogP contribution in [0.25, 0.3) is 0 Å². The summed E-state index contributed by atoms with van der Waals surface area (Å²) in [7, 11) is 0. The van der Waals surface area contributed by atoms with E-state index in [4.69, 9.17) is 16.3 Å². The van der Waals surface area contributed by atoms with Crippen LogP contribution in [0.3, 0.4) is 0 Å².